The van der Waals surface area contributed by atoms with Crippen molar-refractivity contribution in [2.75, 3.05) is 24.6 Å². The minimum Gasteiger partial charge on any atom is -0.382 e. The van der Waals surface area contributed by atoms with Crippen LogP contribution in [0.2, 0.25) is 0 Å². The van der Waals surface area contributed by atoms with Crippen molar-refractivity contribution in [3.05, 3.63) is 5.56 Å². The van der Waals surface area contributed by atoms with E-state index in [9.17, 15) is 4.79 Å². The summed E-state index contributed by atoms with van der Waals surface area (Å²) < 4.78 is 4.05. The number of rotatable bonds is 5. The molecule has 1 fully saturated rings. The van der Waals surface area contributed by atoms with E-state index in [1.165, 1.54) is 24.4 Å². The van der Waals surface area contributed by atoms with Crippen molar-refractivity contribution in [1.29, 1.82) is 0 Å². The van der Waals surface area contributed by atoms with Crippen LogP contribution in [0.25, 0.3) is 0 Å². The maximum absolute atomic E-state index is 11.7. The van der Waals surface area contributed by atoms with Gasteiger partial charge in [-0.15, -0.1) is 0 Å². The van der Waals surface area contributed by atoms with Crippen LogP contribution in [-0.2, 0) is 0 Å². The number of nitrogens with one attached hydrogen (secondary N) is 2. The molecule has 100 valence electrons. The van der Waals surface area contributed by atoms with Gasteiger partial charge in [0.1, 0.15) is 10.6 Å². The monoisotopic (exact) mass is 268 g/mol. The van der Waals surface area contributed by atoms with Crippen molar-refractivity contribution in [3.63, 3.8) is 0 Å². The van der Waals surface area contributed by atoms with Crippen LogP contribution in [-0.4, -0.2) is 23.9 Å². The number of carbonyl (C=O) groups is 1. The number of aromatic nitrogens is 1. The molecular weight excluding hydrogens is 248 g/mol. The Morgan fingerprint density at radius 2 is 2.22 bits per heavy atom. The second-order valence-corrected chi connectivity index (χ2v) is 6.00. The van der Waals surface area contributed by atoms with Crippen LogP contribution in [0, 0.1) is 11.3 Å². The second-order valence-electron chi connectivity index (χ2n) is 5.22. The normalized spacial score (nSPS) is 16.7. The highest BCUT2D eigenvalue weighted by atomic mass is 32.1. The molecule has 0 unspecified atom stereocenters. The first-order valence-corrected chi connectivity index (χ1v) is 6.98. The third-order valence-electron chi connectivity index (χ3n) is 3.89. The largest absolute Gasteiger partial charge is 0.382 e. The summed E-state index contributed by atoms with van der Waals surface area (Å²) in [7, 11) is 1.60. The average Bonchev–Trinajstić information content (AvgIpc) is 3.05. The van der Waals surface area contributed by atoms with Gasteiger partial charge in [-0.25, -0.2) is 0 Å². The van der Waals surface area contributed by atoms with E-state index in [0.717, 1.165) is 11.5 Å². The molecule has 1 saturated carbocycles. The summed E-state index contributed by atoms with van der Waals surface area (Å²) in [4.78, 5) is 11.7. The van der Waals surface area contributed by atoms with Gasteiger partial charge in [0.15, 0.2) is 5.82 Å². The minimum atomic E-state index is -0.182. The van der Waals surface area contributed by atoms with Crippen molar-refractivity contribution in [3.8, 4) is 0 Å². The van der Waals surface area contributed by atoms with Crippen LogP contribution in [0.15, 0.2) is 0 Å². The number of nitrogens with two attached hydrogens (primary N) is 1. The lowest BCUT2D eigenvalue weighted by atomic mass is 9.92. The highest BCUT2D eigenvalue weighted by molar-refractivity contribution is 7.11. The average molecular weight is 268 g/mol. The van der Waals surface area contributed by atoms with Gasteiger partial charge in [0.25, 0.3) is 5.91 Å². The molecule has 6 heteroatoms. The SMILES string of the molecule is CNC(=O)c1c(N)nsc1NCC1(C(C)C)CC1. The minimum absolute atomic E-state index is 0.182. The van der Waals surface area contributed by atoms with Crippen LogP contribution < -0.4 is 16.4 Å². The van der Waals surface area contributed by atoms with Gasteiger partial charge in [-0.1, -0.05) is 13.8 Å². The first kappa shape index (κ1) is 13.1. The van der Waals surface area contributed by atoms with E-state index < -0.39 is 0 Å². The number of hydrogen-bond donors (Lipinski definition) is 3. The quantitative estimate of drug-likeness (QED) is 0.762. The van der Waals surface area contributed by atoms with Gasteiger partial charge in [0, 0.05) is 13.6 Å². The van der Waals surface area contributed by atoms with Crippen LogP contribution in [0.3, 0.4) is 0 Å². The fraction of sp³-hybridized carbons (Fsp3) is 0.667. The third kappa shape index (κ3) is 2.29. The number of anilines is 2. The van der Waals surface area contributed by atoms with Crippen molar-refractivity contribution < 1.29 is 4.79 Å². The first-order valence-electron chi connectivity index (χ1n) is 6.21. The number of carbonyl (C=O) groups excluding carboxylic acids is 1. The molecule has 1 heterocycles. The topological polar surface area (TPSA) is 80.0 Å². The Morgan fingerprint density at radius 3 is 2.72 bits per heavy atom. The zero-order valence-corrected chi connectivity index (χ0v) is 11.9. The van der Waals surface area contributed by atoms with Gasteiger partial charge < -0.3 is 16.4 Å². The summed E-state index contributed by atoms with van der Waals surface area (Å²) in [5, 5.41) is 6.72. The zero-order chi connectivity index (χ0) is 13.3. The van der Waals surface area contributed by atoms with E-state index in [-0.39, 0.29) is 5.91 Å². The molecule has 1 aliphatic rings. The van der Waals surface area contributed by atoms with E-state index in [1.54, 1.807) is 7.05 Å². The van der Waals surface area contributed by atoms with E-state index in [0.29, 0.717) is 22.7 Å². The van der Waals surface area contributed by atoms with Crippen LogP contribution in [0.1, 0.15) is 37.0 Å². The number of hydrogen-bond acceptors (Lipinski definition) is 5. The molecule has 18 heavy (non-hydrogen) atoms. The van der Waals surface area contributed by atoms with Crippen molar-refractivity contribution >= 4 is 28.3 Å². The molecule has 0 aromatic carbocycles. The molecule has 5 nitrogen and oxygen atoms in total. The Bertz CT molecular complexity index is 451. The molecule has 1 aliphatic carbocycles. The number of amides is 1. The Morgan fingerprint density at radius 1 is 1.56 bits per heavy atom. The van der Waals surface area contributed by atoms with Crippen LogP contribution >= 0.6 is 11.5 Å². The molecule has 2 rings (SSSR count). The maximum atomic E-state index is 11.7. The molecule has 0 saturated heterocycles. The van der Waals surface area contributed by atoms with Crippen LogP contribution in [0.5, 0.6) is 0 Å². The number of nitrogen functional groups attached to an aromatic ring is 1. The van der Waals surface area contributed by atoms with Crippen molar-refractivity contribution in [2.45, 2.75) is 26.7 Å². The van der Waals surface area contributed by atoms with Crippen molar-refractivity contribution in [2.24, 2.45) is 11.3 Å². The highest BCUT2D eigenvalue weighted by Gasteiger charge is 2.45. The standard InChI is InChI=1S/C12H20N4OS/c1-7(2)12(4-5-12)6-15-11-8(10(17)14-3)9(13)16-18-11/h7,15H,4-6H2,1-3H3,(H2,13,16)(H,14,17). The first-order chi connectivity index (χ1) is 8.50. The van der Waals surface area contributed by atoms with E-state index in [2.05, 4.69) is 28.9 Å². The van der Waals surface area contributed by atoms with Gasteiger partial charge in [-0.2, -0.15) is 4.37 Å². The molecule has 0 bridgehead atoms. The Hall–Kier alpha value is -1.30. The molecule has 4 N–H and O–H groups in total. The summed E-state index contributed by atoms with van der Waals surface area (Å²) in [6, 6.07) is 0. The molecular formula is C12H20N4OS. The molecule has 1 aromatic rings. The Labute approximate surface area is 111 Å². The van der Waals surface area contributed by atoms with Gasteiger partial charge >= 0.3 is 0 Å². The maximum Gasteiger partial charge on any atom is 0.257 e. The summed E-state index contributed by atoms with van der Waals surface area (Å²) in [5.41, 5.74) is 6.59. The highest BCUT2D eigenvalue weighted by Crippen LogP contribution is 2.52. The molecule has 1 aromatic heterocycles. The number of nitrogens with zero attached hydrogens (tertiary/aromatic N) is 1. The smallest absolute Gasteiger partial charge is 0.257 e. The lowest BCUT2D eigenvalue weighted by molar-refractivity contribution is 0.0965. The second kappa shape index (κ2) is 4.76. The fourth-order valence-electron chi connectivity index (χ4n) is 2.14. The lowest BCUT2D eigenvalue weighted by Gasteiger charge is -2.20. The van der Waals surface area contributed by atoms with E-state index in [1.807, 2.05) is 0 Å². The molecule has 0 atom stereocenters. The zero-order valence-electron chi connectivity index (χ0n) is 11.0. The van der Waals surface area contributed by atoms with E-state index in [4.69, 9.17) is 5.73 Å². The fourth-order valence-corrected chi connectivity index (χ4v) is 2.85. The van der Waals surface area contributed by atoms with Gasteiger partial charge in [0.05, 0.1) is 0 Å². The summed E-state index contributed by atoms with van der Waals surface area (Å²) in [6.07, 6.45) is 2.50. The Kier molecular flexibility index (Phi) is 3.47. The molecule has 0 radical (unpaired) electrons. The van der Waals surface area contributed by atoms with Crippen LogP contribution in [0.4, 0.5) is 10.8 Å². The molecule has 1 amide bonds. The lowest BCUT2D eigenvalue weighted by Crippen LogP contribution is -2.23. The van der Waals surface area contributed by atoms with Gasteiger partial charge in [-0.05, 0) is 35.7 Å². The predicted octanol–water partition coefficient (Wildman–Crippen LogP) is 1.93. The Balaban J connectivity index is 2.08. The summed E-state index contributed by atoms with van der Waals surface area (Å²) >= 11 is 1.25. The summed E-state index contributed by atoms with van der Waals surface area (Å²) in [6.45, 7) is 5.38. The third-order valence-corrected chi connectivity index (χ3v) is 4.71. The van der Waals surface area contributed by atoms with E-state index >= 15 is 0 Å². The molecule has 0 aliphatic heterocycles. The van der Waals surface area contributed by atoms with Gasteiger partial charge in [-0.3, -0.25) is 4.79 Å². The predicted molar refractivity (Wildman–Crippen MR) is 74.9 cm³/mol. The van der Waals surface area contributed by atoms with Crippen molar-refractivity contribution in [1.82, 2.24) is 9.69 Å². The van der Waals surface area contributed by atoms with Gasteiger partial charge in [0.2, 0.25) is 0 Å². The molecule has 0 spiro atoms. The summed E-state index contributed by atoms with van der Waals surface area (Å²) in [5.74, 6) is 0.771.